The summed E-state index contributed by atoms with van der Waals surface area (Å²) >= 11 is 0. The van der Waals surface area contributed by atoms with Crippen molar-refractivity contribution in [3.8, 4) is 6.07 Å². The maximum absolute atomic E-state index is 10.4. The molecule has 0 N–H and O–H groups in total. The molecule has 2 aromatic carbocycles. The molecule has 86 valence electrons. The van der Waals surface area contributed by atoms with Crippen LogP contribution in [-0.4, -0.2) is 0 Å². The van der Waals surface area contributed by atoms with Crippen molar-refractivity contribution < 1.29 is 0 Å². The molecule has 17 heavy (non-hydrogen) atoms. The first-order chi connectivity index (χ1) is 8.36. The van der Waals surface area contributed by atoms with E-state index in [0.29, 0.717) is 0 Å². The summed E-state index contributed by atoms with van der Waals surface area (Å²) in [4.78, 5) is 0. The van der Waals surface area contributed by atoms with Gasteiger partial charge in [0.1, 0.15) is 5.92 Å². The van der Waals surface area contributed by atoms with Gasteiger partial charge >= 0.3 is 6.07 Å². The molecule has 0 aliphatic carbocycles. The Hall–Kier alpha value is -2.01. The molecule has 0 aliphatic heterocycles. The fraction of sp³-hybridized carbons (Fsp3) is 0.267. The molecule has 0 saturated heterocycles. The van der Waals surface area contributed by atoms with Crippen molar-refractivity contribution in [2.75, 3.05) is 0 Å². The molecule has 0 saturated carbocycles. The molecule has 0 bridgehead atoms. The predicted octanol–water partition coefficient (Wildman–Crippen LogP) is 4.55. The number of hydrogen-bond acceptors (Lipinski definition) is 1. The minimum atomic E-state index is 0.00333. The third-order valence-electron chi connectivity index (χ3n) is 2.98. The van der Waals surface area contributed by atoms with Crippen molar-refractivity contribution in [1.29, 1.82) is 0 Å². The largest absolute Gasteiger partial charge is 0.498 e. The Morgan fingerprint density at radius 2 is 1.94 bits per heavy atom. The van der Waals surface area contributed by atoms with Crippen molar-refractivity contribution >= 4 is 10.8 Å². The van der Waals surface area contributed by atoms with Gasteiger partial charge in [0.2, 0.25) is 0 Å². The van der Waals surface area contributed by atoms with Crippen LogP contribution in [0.3, 0.4) is 0 Å². The third-order valence-corrected chi connectivity index (χ3v) is 2.98. The van der Waals surface area contributed by atoms with E-state index >= 15 is 0 Å². The van der Waals surface area contributed by atoms with E-state index in [1.54, 1.807) is 0 Å². The Balaban J connectivity index is 2.55. The average Bonchev–Trinajstić information content (AvgIpc) is 2.38. The van der Waals surface area contributed by atoms with Crippen LogP contribution in [0.4, 0.5) is 0 Å². The summed E-state index contributed by atoms with van der Waals surface area (Å²) in [6.45, 7) is 2.10. The Morgan fingerprint density at radius 1 is 1.18 bits per heavy atom. The fourth-order valence-corrected chi connectivity index (χ4v) is 2.20. The summed E-state index contributed by atoms with van der Waals surface area (Å²) in [5.41, 5.74) is 1.14. The normalized spacial score (nSPS) is 11.8. The lowest BCUT2D eigenvalue weighted by molar-refractivity contribution is 0.737. The Morgan fingerprint density at radius 3 is 2.71 bits per heavy atom. The molecule has 0 fully saturated rings. The van der Waals surface area contributed by atoms with Crippen molar-refractivity contribution in [3.63, 3.8) is 0 Å². The first kappa shape index (κ1) is 11.5. The van der Waals surface area contributed by atoms with Gasteiger partial charge in [0.05, 0.1) is 0 Å². The second-order valence-corrected chi connectivity index (χ2v) is 4.13. The van der Waals surface area contributed by atoms with Crippen LogP contribution < -0.4 is 0 Å². The van der Waals surface area contributed by atoms with Crippen molar-refractivity contribution in [1.82, 2.24) is 0 Å². The Bertz CT molecular complexity index is 560. The molecule has 1 atom stereocenters. The van der Waals surface area contributed by atoms with Crippen molar-refractivity contribution in [3.05, 3.63) is 58.2 Å². The van der Waals surface area contributed by atoms with Gasteiger partial charge in [-0.3, -0.25) is 0 Å². The molecule has 0 spiro atoms. The van der Waals surface area contributed by atoms with Gasteiger partial charge in [0.15, 0.2) is 0 Å². The number of nitrogens with zero attached hydrogens (tertiary/aromatic N) is 1. The molecule has 0 heterocycles. The van der Waals surface area contributed by atoms with Crippen LogP contribution in [0, 0.1) is 11.3 Å². The zero-order chi connectivity index (χ0) is 12.1. The maximum atomic E-state index is 10.4. The highest BCUT2D eigenvalue weighted by atomic mass is 16.4. The quantitative estimate of drug-likeness (QED) is 0.704. The van der Waals surface area contributed by atoms with Gasteiger partial charge in [-0.15, -0.1) is 0 Å². The van der Waals surface area contributed by atoms with Crippen molar-refractivity contribution in [2.45, 2.75) is 25.7 Å². The van der Waals surface area contributed by atoms with E-state index in [9.17, 15) is 5.21 Å². The van der Waals surface area contributed by atoms with Gasteiger partial charge in [-0.1, -0.05) is 55.8 Å². The summed E-state index contributed by atoms with van der Waals surface area (Å²) in [5, 5.41) is 15.7. The lowest BCUT2D eigenvalue weighted by atomic mass is 9.91. The Labute approximate surface area is 101 Å². The molecule has 2 heteroatoms. The van der Waals surface area contributed by atoms with Crippen molar-refractivity contribution in [2.24, 2.45) is 0 Å². The first-order valence-corrected chi connectivity index (χ1v) is 5.92. The number of fused-ring (bicyclic) bond motifs is 1. The predicted molar refractivity (Wildman–Crippen MR) is 72.2 cm³/mol. The van der Waals surface area contributed by atoms with Crippen LogP contribution in [0.15, 0.2) is 42.5 Å². The van der Waals surface area contributed by atoms with E-state index < -0.39 is 0 Å². The monoisotopic (exact) mass is 225 g/mol. The van der Waals surface area contributed by atoms with Gasteiger partial charge in [-0.25, -0.2) is 0 Å². The van der Waals surface area contributed by atoms with Gasteiger partial charge < -0.3 is 5.21 Å². The van der Waals surface area contributed by atoms with E-state index in [1.807, 2.05) is 18.2 Å². The Kier molecular flexibility index (Phi) is 3.62. The van der Waals surface area contributed by atoms with E-state index in [2.05, 4.69) is 42.3 Å². The average molecular weight is 225 g/mol. The van der Waals surface area contributed by atoms with Crippen LogP contribution in [0.25, 0.3) is 15.8 Å². The first-order valence-electron chi connectivity index (χ1n) is 5.92. The van der Waals surface area contributed by atoms with Crippen LogP contribution >= 0.6 is 0 Å². The number of hydrogen-bond donors (Lipinski definition) is 0. The molecule has 2 aromatic rings. The highest BCUT2D eigenvalue weighted by molar-refractivity contribution is 5.86. The molecule has 2 rings (SSSR count). The second-order valence-electron chi connectivity index (χ2n) is 4.13. The fourth-order valence-electron chi connectivity index (χ4n) is 2.20. The van der Waals surface area contributed by atoms with E-state index in [4.69, 9.17) is 0 Å². The topological polar surface area (TPSA) is 27.4 Å². The van der Waals surface area contributed by atoms with E-state index in [-0.39, 0.29) is 5.92 Å². The summed E-state index contributed by atoms with van der Waals surface area (Å²) in [5.74, 6) is 0.00333. The molecular weight excluding hydrogens is 210 g/mol. The third kappa shape index (κ3) is 2.39. The van der Waals surface area contributed by atoms with E-state index in [0.717, 1.165) is 18.4 Å². The zero-order valence-corrected chi connectivity index (χ0v) is 9.89. The van der Waals surface area contributed by atoms with Crippen LogP contribution in [0.5, 0.6) is 0 Å². The minimum absolute atomic E-state index is 0.00333. The molecule has 0 radical (unpaired) electrons. The van der Waals surface area contributed by atoms with Gasteiger partial charge in [-0.05, 0) is 22.8 Å². The lowest BCUT2D eigenvalue weighted by Crippen LogP contribution is -1.96. The SMILES string of the molecule is CCCC(C#[N+][O-])c1cccc2ccccc12. The van der Waals surface area contributed by atoms with Crippen LogP contribution in [0.1, 0.15) is 31.2 Å². The standard InChI is InChI=1S/C15H15NO/c1-2-6-13(11-16-17)15-10-5-8-12-7-3-4-9-14(12)15/h3-5,7-10,13H,2,6H2,1H3. The van der Waals surface area contributed by atoms with Gasteiger partial charge in [0, 0.05) is 5.01 Å². The number of rotatable bonds is 3. The summed E-state index contributed by atoms with van der Waals surface area (Å²) in [7, 11) is 0. The maximum Gasteiger partial charge on any atom is 0.306 e. The summed E-state index contributed by atoms with van der Waals surface area (Å²) in [6.07, 6.45) is 1.91. The minimum Gasteiger partial charge on any atom is -0.498 e. The smallest absolute Gasteiger partial charge is 0.306 e. The van der Waals surface area contributed by atoms with Gasteiger partial charge in [0.25, 0.3) is 0 Å². The summed E-state index contributed by atoms with van der Waals surface area (Å²) < 4.78 is 0. The molecular formula is C15H15NO. The molecule has 1 unspecified atom stereocenters. The highest BCUT2D eigenvalue weighted by Crippen LogP contribution is 2.28. The summed E-state index contributed by atoms with van der Waals surface area (Å²) in [6, 6.07) is 17.0. The second kappa shape index (κ2) is 5.36. The lowest BCUT2D eigenvalue weighted by Gasteiger charge is -2.09. The van der Waals surface area contributed by atoms with Gasteiger partial charge in [-0.2, -0.15) is 0 Å². The molecule has 0 aliphatic rings. The molecule has 2 nitrogen and oxygen atoms in total. The number of benzene rings is 2. The highest BCUT2D eigenvalue weighted by Gasteiger charge is 2.16. The molecule has 0 aromatic heterocycles. The molecule has 0 amide bonds. The zero-order valence-electron chi connectivity index (χ0n) is 9.89. The van der Waals surface area contributed by atoms with Crippen LogP contribution in [-0.2, 0) is 0 Å². The van der Waals surface area contributed by atoms with E-state index in [1.165, 1.54) is 10.8 Å². The van der Waals surface area contributed by atoms with Crippen LogP contribution in [0.2, 0.25) is 0 Å².